The summed E-state index contributed by atoms with van der Waals surface area (Å²) in [5.74, 6) is -0.717. The fraction of sp³-hybridized carbons (Fsp3) is 0.269. The van der Waals surface area contributed by atoms with Gasteiger partial charge in [-0.3, -0.25) is 9.59 Å². The maximum absolute atomic E-state index is 15.7. The predicted molar refractivity (Wildman–Crippen MR) is 131 cm³/mol. The molecule has 0 bridgehead atoms. The average Bonchev–Trinajstić information content (AvgIpc) is 2.87. The molecule has 7 nitrogen and oxygen atoms in total. The summed E-state index contributed by atoms with van der Waals surface area (Å²) in [5.41, 5.74) is 4.24. The van der Waals surface area contributed by atoms with E-state index in [1.165, 1.54) is 63.6 Å². The number of primary amides is 1. The SMILES string of the molecule is COc1cc(C(=O)CCC(C)(F)c2ccc(OC)c(-c3ccc(F)c(Cl)c3)n2)ccc1OCC(N)=O. The Balaban J connectivity index is 1.79. The van der Waals surface area contributed by atoms with Crippen LogP contribution in [0.15, 0.2) is 48.5 Å². The molecule has 0 saturated heterocycles. The molecule has 0 fully saturated rings. The molecule has 1 aromatic heterocycles. The molecule has 1 atom stereocenters. The number of ketones is 1. The number of rotatable bonds is 11. The van der Waals surface area contributed by atoms with Crippen LogP contribution in [-0.4, -0.2) is 37.5 Å². The highest BCUT2D eigenvalue weighted by atomic mass is 35.5. The van der Waals surface area contributed by atoms with Crippen molar-refractivity contribution in [2.24, 2.45) is 5.73 Å². The Morgan fingerprint density at radius 1 is 1.03 bits per heavy atom. The zero-order valence-electron chi connectivity index (χ0n) is 19.9. The normalized spacial score (nSPS) is 12.5. The summed E-state index contributed by atoms with van der Waals surface area (Å²) in [5, 5.41) is -0.100. The van der Waals surface area contributed by atoms with E-state index in [1.54, 1.807) is 6.07 Å². The highest BCUT2D eigenvalue weighted by Gasteiger charge is 2.30. The van der Waals surface area contributed by atoms with E-state index in [0.717, 1.165) is 0 Å². The minimum Gasteiger partial charge on any atom is -0.494 e. The van der Waals surface area contributed by atoms with Crippen molar-refractivity contribution < 1.29 is 32.6 Å². The van der Waals surface area contributed by atoms with Crippen LogP contribution in [0.25, 0.3) is 11.3 Å². The number of hydrogen-bond acceptors (Lipinski definition) is 6. The molecule has 0 radical (unpaired) electrons. The molecule has 0 saturated carbocycles. The standard InChI is InChI=1S/C26H25ClF2N2O5/c1-26(29,11-10-19(32)15-5-7-20(22(13-15)35-3)36-14-24(30)33)23-9-8-21(34-2)25(31-23)16-4-6-18(28)17(27)12-16/h4-9,12-13H,10-11,14H2,1-3H3,(H2,30,33). The minimum absolute atomic E-state index is 0.0827. The molecule has 1 amide bonds. The molecular formula is C26H25ClF2N2O5. The summed E-state index contributed by atoms with van der Waals surface area (Å²) in [6, 6.07) is 11.5. The van der Waals surface area contributed by atoms with Crippen LogP contribution >= 0.6 is 11.6 Å². The lowest BCUT2D eigenvalue weighted by atomic mass is 9.93. The molecule has 36 heavy (non-hydrogen) atoms. The molecule has 3 rings (SSSR count). The first-order valence-electron chi connectivity index (χ1n) is 10.9. The molecule has 10 heteroatoms. The summed E-state index contributed by atoms with van der Waals surface area (Å²) in [7, 11) is 2.83. The Labute approximate surface area is 212 Å². The summed E-state index contributed by atoms with van der Waals surface area (Å²) in [4.78, 5) is 28.2. The Kier molecular flexibility index (Phi) is 8.47. The number of methoxy groups -OCH3 is 2. The maximum Gasteiger partial charge on any atom is 0.255 e. The molecule has 1 unspecified atom stereocenters. The lowest BCUT2D eigenvalue weighted by Gasteiger charge is -2.21. The van der Waals surface area contributed by atoms with Crippen molar-refractivity contribution in [3.8, 4) is 28.5 Å². The van der Waals surface area contributed by atoms with Gasteiger partial charge in [-0.1, -0.05) is 11.6 Å². The largest absolute Gasteiger partial charge is 0.494 e. The number of ether oxygens (including phenoxy) is 3. The highest BCUT2D eigenvalue weighted by Crippen LogP contribution is 2.36. The van der Waals surface area contributed by atoms with Gasteiger partial charge in [0.1, 0.15) is 22.9 Å². The van der Waals surface area contributed by atoms with Gasteiger partial charge in [-0.2, -0.15) is 0 Å². The van der Waals surface area contributed by atoms with Crippen LogP contribution < -0.4 is 19.9 Å². The average molecular weight is 519 g/mol. The van der Waals surface area contributed by atoms with Gasteiger partial charge in [0.2, 0.25) is 0 Å². The fourth-order valence-corrected chi connectivity index (χ4v) is 3.66. The zero-order valence-corrected chi connectivity index (χ0v) is 20.7. The van der Waals surface area contributed by atoms with Gasteiger partial charge < -0.3 is 19.9 Å². The van der Waals surface area contributed by atoms with Gasteiger partial charge in [-0.25, -0.2) is 13.8 Å². The van der Waals surface area contributed by atoms with Crippen LogP contribution in [0.5, 0.6) is 17.2 Å². The number of amides is 1. The Morgan fingerprint density at radius 2 is 1.72 bits per heavy atom. The topological polar surface area (TPSA) is 101 Å². The van der Waals surface area contributed by atoms with Crippen molar-refractivity contribution in [2.45, 2.75) is 25.4 Å². The van der Waals surface area contributed by atoms with E-state index >= 15 is 4.39 Å². The van der Waals surface area contributed by atoms with E-state index in [1.807, 2.05) is 0 Å². The maximum atomic E-state index is 15.7. The number of carbonyl (C=O) groups excluding carboxylic acids is 2. The third-order valence-electron chi connectivity index (χ3n) is 5.48. The summed E-state index contributed by atoms with van der Waals surface area (Å²) < 4.78 is 45.1. The highest BCUT2D eigenvalue weighted by molar-refractivity contribution is 6.31. The van der Waals surface area contributed by atoms with Crippen LogP contribution in [0.1, 0.15) is 35.8 Å². The first-order chi connectivity index (χ1) is 17.1. The van der Waals surface area contributed by atoms with E-state index in [0.29, 0.717) is 22.6 Å². The number of alkyl halides is 1. The summed E-state index contributed by atoms with van der Waals surface area (Å²) in [6.45, 7) is 0.989. The number of nitrogens with zero attached hydrogens (tertiary/aromatic N) is 1. The first kappa shape index (κ1) is 26.9. The summed E-state index contributed by atoms with van der Waals surface area (Å²) in [6.07, 6.45) is -0.278. The number of carbonyl (C=O) groups is 2. The molecular weight excluding hydrogens is 494 g/mol. The number of nitrogens with two attached hydrogens (primary N) is 1. The number of aromatic nitrogens is 1. The van der Waals surface area contributed by atoms with Crippen LogP contribution in [-0.2, 0) is 10.5 Å². The molecule has 0 aliphatic heterocycles. The molecule has 0 aliphatic carbocycles. The van der Waals surface area contributed by atoms with Gasteiger partial charge in [-0.15, -0.1) is 0 Å². The van der Waals surface area contributed by atoms with E-state index in [2.05, 4.69) is 4.98 Å². The van der Waals surface area contributed by atoms with Crippen LogP contribution in [0.3, 0.4) is 0 Å². The number of Topliss-reactive ketones (excluding diaryl/α,β-unsaturated/α-hetero) is 1. The van der Waals surface area contributed by atoms with Crippen LogP contribution in [0.4, 0.5) is 8.78 Å². The molecule has 1 heterocycles. The molecule has 190 valence electrons. The lowest BCUT2D eigenvalue weighted by Crippen LogP contribution is -2.20. The number of pyridine rings is 1. The van der Waals surface area contributed by atoms with Crippen molar-refractivity contribution in [2.75, 3.05) is 20.8 Å². The second kappa shape index (κ2) is 11.3. The monoisotopic (exact) mass is 518 g/mol. The summed E-state index contributed by atoms with van der Waals surface area (Å²) >= 11 is 5.90. The van der Waals surface area contributed by atoms with Crippen molar-refractivity contribution in [3.05, 3.63) is 70.6 Å². The van der Waals surface area contributed by atoms with Gasteiger partial charge in [0.15, 0.2) is 23.9 Å². The Morgan fingerprint density at radius 3 is 2.36 bits per heavy atom. The zero-order chi connectivity index (χ0) is 26.5. The van der Waals surface area contributed by atoms with E-state index in [4.69, 9.17) is 31.5 Å². The molecule has 0 spiro atoms. The van der Waals surface area contributed by atoms with Crippen molar-refractivity contribution in [1.82, 2.24) is 4.98 Å². The van der Waals surface area contributed by atoms with Gasteiger partial charge in [0, 0.05) is 17.5 Å². The van der Waals surface area contributed by atoms with E-state index < -0.39 is 17.4 Å². The lowest BCUT2D eigenvalue weighted by molar-refractivity contribution is -0.119. The van der Waals surface area contributed by atoms with Crippen molar-refractivity contribution in [1.29, 1.82) is 0 Å². The quantitative estimate of drug-likeness (QED) is 0.347. The molecule has 0 aliphatic rings. The molecule has 3 aromatic rings. The van der Waals surface area contributed by atoms with Crippen LogP contribution in [0.2, 0.25) is 5.02 Å². The third-order valence-corrected chi connectivity index (χ3v) is 5.77. The van der Waals surface area contributed by atoms with E-state index in [-0.39, 0.29) is 47.4 Å². The molecule has 2 aromatic carbocycles. The number of hydrogen-bond donors (Lipinski definition) is 1. The van der Waals surface area contributed by atoms with Crippen molar-refractivity contribution in [3.63, 3.8) is 0 Å². The first-order valence-corrected chi connectivity index (χ1v) is 11.3. The Hall–Kier alpha value is -3.72. The second-order valence-corrected chi connectivity index (χ2v) is 8.52. The van der Waals surface area contributed by atoms with Crippen LogP contribution in [0, 0.1) is 5.82 Å². The smallest absolute Gasteiger partial charge is 0.255 e. The number of benzene rings is 2. The second-order valence-electron chi connectivity index (χ2n) is 8.12. The predicted octanol–water partition coefficient (Wildman–Crippen LogP) is 5.27. The third kappa shape index (κ3) is 6.28. The van der Waals surface area contributed by atoms with Gasteiger partial charge in [0.05, 0.1) is 24.9 Å². The van der Waals surface area contributed by atoms with Gasteiger partial charge in [0.25, 0.3) is 5.91 Å². The minimum atomic E-state index is -1.96. The fourth-order valence-electron chi connectivity index (χ4n) is 3.48. The van der Waals surface area contributed by atoms with Crippen molar-refractivity contribution >= 4 is 23.3 Å². The van der Waals surface area contributed by atoms with Gasteiger partial charge >= 0.3 is 0 Å². The molecule has 2 N–H and O–H groups in total. The van der Waals surface area contributed by atoms with Gasteiger partial charge in [-0.05, 0) is 61.9 Å². The number of halogens is 3. The van der Waals surface area contributed by atoms with E-state index in [9.17, 15) is 14.0 Å². The Bertz CT molecular complexity index is 1280.